The zero-order valence-corrected chi connectivity index (χ0v) is 18.7. The number of nitrogens with zero attached hydrogens (tertiary/aromatic N) is 3. The van der Waals surface area contributed by atoms with Gasteiger partial charge in [-0.05, 0) is 61.0 Å². The summed E-state index contributed by atoms with van der Waals surface area (Å²) in [6.07, 6.45) is 3.17. The van der Waals surface area contributed by atoms with Gasteiger partial charge in [-0.15, -0.1) is 0 Å². The molecule has 0 saturated carbocycles. The van der Waals surface area contributed by atoms with Crippen LogP contribution < -0.4 is 15.2 Å². The van der Waals surface area contributed by atoms with Crippen LogP contribution in [0.3, 0.4) is 0 Å². The lowest BCUT2D eigenvalue weighted by Gasteiger charge is -2.10. The molecule has 10 heteroatoms. The number of sulfonamides is 1. The Morgan fingerprint density at radius 1 is 1.09 bits per heavy atom. The van der Waals surface area contributed by atoms with E-state index in [2.05, 4.69) is 15.4 Å². The number of carbonyl (C=O) groups is 1. The predicted molar refractivity (Wildman–Crippen MR) is 124 cm³/mol. The summed E-state index contributed by atoms with van der Waals surface area (Å²) in [6.45, 7) is 1.74. The van der Waals surface area contributed by atoms with Crippen molar-refractivity contribution in [3.05, 3.63) is 84.3 Å². The number of carbonyl (C=O) groups excluding carboxylic acids is 1. The summed E-state index contributed by atoms with van der Waals surface area (Å²) in [7, 11) is -2.28. The fourth-order valence-electron chi connectivity index (χ4n) is 3.30. The van der Waals surface area contributed by atoms with E-state index in [1.807, 2.05) is 24.3 Å². The average molecular weight is 464 g/mol. The van der Waals surface area contributed by atoms with Gasteiger partial charge in [0, 0.05) is 18.0 Å². The fraction of sp³-hybridized carbons (Fsp3) is 0.0870. The SMILES string of the molecule is COc1ccc(-n2cc(C(=O)Nc3ncccc3-c3cccc(S(N)(=O)=O)c3)c(C)n2)cc1. The van der Waals surface area contributed by atoms with Gasteiger partial charge in [0.2, 0.25) is 10.0 Å². The number of hydrogen-bond donors (Lipinski definition) is 2. The third-order valence-corrected chi connectivity index (χ3v) is 5.90. The number of ether oxygens (including phenoxy) is 1. The average Bonchev–Trinajstić information content (AvgIpc) is 3.21. The minimum atomic E-state index is -3.87. The molecule has 0 fully saturated rings. The van der Waals surface area contributed by atoms with Crippen LogP contribution in [0.1, 0.15) is 16.1 Å². The number of primary sulfonamides is 1. The van der Waals surface area contributed by atoms with Crippen molar-refractivity contribution in [2.24, 2.45) is 5.14 Å². The fourth-order valence-corrected chi connectivity index (χ4v) is 3.86. The van der Waals surface area contributed by atoms with Gasteiger partial charge in [0.1, 0.15) is 11.6 Å². The van der Waals surface area contributed by atoms with E-state index in [4.69, 9.17) is 9.88 Å². The summed E-state index contributed by atoms with van der Waals surface area (Å²) in [5.41, 5.74) is 2.79. The van der Waals surface area contributed by atoms with Crippen LogP contribution in [-0.4, -0.2) is 36.2 Å². The number of aryl methyl sites for hydroxylation is 1. The van der Waals surface area contributed by atoms with Crippen molar-refractivity contribution in [3.8, 4) is 22.6 Å². The Balaban J connectivity index is 1.64. The highest BCUT2D eigenvalue weighted by molar-refractivity contribution is 7.89. The first kappa shape index (κ1) is 22.2. The van der Waals surface area contributed by atoms with Crippen molar-refractivity contribution in [1.82, 2.24) is 14.8 Å². The van der Waals surface area contributed by atoms with E-state index < -0.39 is 15.9 Å². The standard InChI is InChI=1S/C23H21N5O4S/c1-15-21(14-28(27-15)17-8-10-18(32-2)11-9-17)23(29)26-22-20(7-4-12-25-22)16-5-3-6-19(13-16)33(24,30)31/h3-14H,1-2H3,(H2,24,30,31)(H,25,26,29). The molecule has 0 unspecified atom stereocenters. The summed E-state index contributed by atoms with van der Waals surface area (Å²) >= 11 is 0. The van der Waals surface area contributed by atoms with Gasteiger partial charge in [0.05, 0.1) is 29.0 Å². The molecule has 0 aliphatic carbocycles. The highest BCUT2D eigenvalue weighted by Gasteiger charge is 2.18. The number of aromatic nitrogens is 3. The minimum Gasteiger partial charge on any atom is -0.497 e. The number of hydrogen-bond acceptors (Lipinski definition) is 6. The number of methoxy groups -OCH3 is 1. The molecule has 2 aromatic carbocycles. The van der Waals surface area contributed by atoms with Crippen LogP contribution in [0.15, 0.2) is 78.0 Å². The molecule has 3 N–H and O–H groups in total. The molecule has 0 saturated heterocycles. The highest BCUT2D eigenvalue weighted by atomic mass is 32.2. The summed E-state index contributed by atoms with van der Waals surface area (Å²) < 4.78 is 30.2. The first-order valence-electron chi connectivity index (χ1n) is 9.86. The zero-order valence-electron chi connectivity index (χ0n) is 17.9. The second-order valence-electron chi connectivity index (χ2n) is 7.20. The molecule has 168 valence electrons. The lowest BCUT2D eigenvalue weighted by molar-refractivity contribution is 0.102. The molecule has 0 aliphatic heterocycles. The second kappa shape index (κ2) is 8.85. The quantitative estimate of drug-likeness (QED) is 0.452. The van der Waals surface area contributed by atoms with Gasteiger partial charge in [-0.25, -0.2) is 23.2 Å². The van der Waals surface area contributed by atoms with Gasteiger partial charge < -0.3 is 10.1 Å². The number of benzene rings is 2. The normalized spacial score (nSPS) is 11.2. The van der Waals surface area contributed by atoms with Crippen LogP contribution in [0, 0.1) is 6.92 Å². The number of rotatable bonds is 6. The summed E-state index contributed by atoms with van der Waals surface area (Å²) in [4.78, 5) is 17.3. The molecule has 0 atom stereocenters. The Kier molecular flexibility index (Phi) is 5.95. The van der Waals surface area contributed by atoms with E-state index >= 15 is 0 Å². The Labute approximate surface area is 190 Å². The van der Waals surface area contributed by atoms with Crippen molar-refractivity contribution in [1.29, 1.82) is 0 Å². The first-order valence-corrected chi connectivity index (χ1v) is 11.4. The van der Waals surface area contributed by atoms with Crippen molar-refractivity contribution >= 4 is 21.7 Å². The summed E-state index contributed by atoms with van der Waals surface area (Å²) in [5.74, 6) is 0.607. The number of nitrogens with two attached hydrogens (primary N) is 1. The van der Waals surface area contributed by atoms with Gasteiger partial charge in [-0.3, -0.25) is 4.79 Å². The molecule has 2 heterocycles. The molecular formula is C23H21N5O4S. The second-order valence-corrected chi connectivity index (χ2v) is 8.76. The summed E-state index contributed by atoms with van der Waals surface area (Å²) in [6, 6.07) is 16.9. The van der Waals surface area contributed by atoms with Gasteiger partial charge in [0.15, 0.2) is 0 Å². The zero-order chi connectivity index (χ0) is 23.6. The third kappa shape index (κ3) is 4.76. The predicted octanol–water partition coefficient (Wildman–Crippen LogP) is 3.15. The molecule has 9 nitrogen and oxygen atoms in total. The molecule has 4 aromatic rings. The topological polar surface area (TPSA) is 129 Å². The number of nitrogens with one attached hydrogen (secondary N) is 1. The largest absolute Gasteiger partial charge is 0.497 e. The van der Waals surface area contributed by atoms with E-state index in [-0.39, 0.29) is 10.7 Å². The first-order chi connectivity index (χ1) is 15.8. The Morgan fingerprint density at radius 2 is 1.85 bits per heavy atom. The van der Waals surface area contributed by atoms with Crippen LogP contribution in [0.2, 0.25) is 0 Å². The third-order valence-electron chi connectivity index (χ3n) is 4.99. The molecular weight excluding hydrogens is 442 g/mol. The number of pyridine rings is 1. The van der Waals surface area contributed by atoms with Crippen LogP contribution in [0.4, 0.5) is 5.82 Å². The van der Waals surface area contributed by atoms with Crippen molar-refractivity contribution in [3.63, 3.8) is 0 Å². The Hall–Kier alpha value is -4.02. The van der Waals surface area contributed by atoms with Crippen LogP contribution in [0.5, 0.6) is 5.75 Å². The number of amides is 1. The van der Waals surface area contributed by atoms with E-state index in [9.17, 15) is 13.2 Å². The molecule has 0 aliphatic rings. The smallest absolute Gasteiger partial charge is 0.260 e. The van der Waals surface area contributed by atoms with Crippen molar-refractivity contribution in [2.75, 3.05) is 12.4 Å². The maximum absolute atomic E-state index is 13.0. The minimum absolute atomic E-state index is 0.0299. The van der Waals surface area contributed by atoms with Crippen LogP contribution in [0.25, 0.3) is 16.8 Å². The molecule has 0 radical (unpaired) electrons. The van der Waals surface area contributed by atoms with E-state index in [0.29, 0.717) is 22.4 Å². The van der Waals surface area contributed by atoms with Gasteiger partial charge >= 0.3 is 0 Å². The van der Waals surface area contributed by atoms with E-state index in [1.165, 1.54) is 18.3 Å². The summed E-state index contributed by atoms with van der Waals surface area (Å²) in [5, 5.41) is 12.5. The molecule has 4 rings (SSSR count). The Bertz CT molecular complexity index is 1430. The van der Waals surface area contributed by atoms with Crippen molar-refractivity contribution < 1.29 is 17.9 Å². The molecule has 0 spiro atoms. The highest BCUT2D eigenvalue weighted by Crippen LogP contribution is 2.28. The Morgan fingerprint density at radius 3 is 2.55 bits per heavy atom. The lowest BCUT2D eigenvalue weighted by Crippen LogP contribution is -2.14. The van der Waals surface area contributed by atoms with Gasteiger partial charge in [-0.2, -0.15) is 5.10 Å². The monoisotopic (exact) mass is 463 g/mol. The van der Waals surface area contributed by atoms with Crippen LogP contribution in [-0.2, 0) is 10.0 Å². The van der Waals surface area contributed by atoms with Gasteiger partial charge in [-0.1, -0.05) is 12.1 Å². The molecule has 0 bridgehead atoms. The molecule has 33 heavy (non-hydrogen) atoms. The number of anilines is 1. The lowest BCUT2D eigenvalue weighted by atomic mass is 10.1. The van der Waals surface area contributed by atoms with Crippen molar-refractivity contribution in [2.45, 2.75) is 11.8 Å². The van der Waals surface area contributed by atoms with Crippen LogP contribution >= 0.6 is 0 Å². The maximum Gasteiger partial charge on any atom is 0.260 e. The van der Waals surface area contributed by atoms with Gasteiger partial charge in [0.25, 0.3) is 5.91 Å². The van der Waals surface area contributed by atoms with E-state index in [1.54, 1.807) is 49.2 Å². The molecule has 1 amide bonds. The van der Waals surface area contributed by atoms with E-state index in [0.717, 1.165) is 11.4 Å². The molecule has 2 aromatic heterocycles. The maximum atomic E-state index is 13.0.